The summed E-state index contributed by atoms with van der Waals surface area (Å²) in [5.41, 5.74) is 0.991. The molecule has 2 heterocycles. The number of aromatic nitrogens is 1. The van der Waals surface area contributed by atoms with Crippen LogP contribution in [0.5, 0.6) is 5.75 Å². The number of thiazole rings is 1. The molecule has 1 aromatic heterocycles. The second-order valence-electron chi connectivity index (χ2n) is 5.86. The van der Waals surface area contributed by atoms with Gasteiger partial charge in [-0.1, -0.05) is 29.0 Å². The minimum Gasteiger partial charge on any atom is -0.494 e. The molecule has 0 radical (unpaired) electrons. The van der Waals surface area contributed by atoms with E-state index in [1.54, 1.807) is 18.4 Å². The van der Waals surface area contributed by atoms with Gasteiger partial charge in [0.05, 0.1) is 35.5 Å². The lowest BCUT2D eigenvalue weighted by molar-refractivity contribution is 0.0234. The van der Waals surface area contributed by atoms with Gasteiger partial charge in [0.25, 0.3) is 0 Å². The highest BCUT2D eigenvalue weighted by molar-refractivity contribution is 7.22. The zero-order valence-electron chi connectivity index (χ0n) is 13.7. The third-order valence-corrected chi connectivity index (χ3v) is 5.53. The van der Waals surface area contributed by atoms with Gasteiger partial charge in [-0.3, -0.25) is 0 Å². The third-order valence-electron chi connectivity index (χ3n) is 4.13. The lowest BCUT2D eigenvalue weighted by Crippen LogP contribution is -2.53. The van der Waals surface area contributed by atoms with Crippen LogP contribution >= 0.6 is 22.9 Å². The van der Waals surface area contributed by atoms with E-state index in [9.17, 15) is 9.18 Å². The fraction of sp³-hybridized carbons (Fsp3) is 0.222. The molecule has 1 fully saturated rings. The first-order valence-electron chi connectivity index (χ1n) is 7.89. The van der Waals surface area contributed by atoms with Crippen molar-refractivity contribution in [2.24, 2.45) is 0 Å². The lowest BCUT2D eigenvalue weighted by atomic mass is 10.1. The van der Waals surface area contributed by atoms with Crippen LogP contribution in [0, 0.1) is 5.82 Å². The first-order chi connectivity index (χ1) is 12.5. The highest BCUT2D eigenvalue weighted by Crippen LogP contribution is 2.36. The number of anilines is 1. The van der Waals surface area contributed by atoms with Crippen LogP contribution in [0.3, 0.4) is 0 Å². The van der Waals surface area contributed by atoms with Crippen LogP contribution in [-0.4, -0.2) is 37.3 Å². The van der Waals surface area contributed by atoms with Crippen molar-refractivity contribution in [3.8, 4) is 5.75 Å². The van der Waals surface area contributed by atoms with Gasteiger partial charge in [-0.15, -0.1) is 0 Å². The number of esters is 1. The first-order valence-corrected chi connectivity index (χ1v) is 9.09. The Kier molecular flexibility index (Phi) is 4.42. The second-order valence-corrected chi connectivity index (χ2v) is 7.28. The molecule has 0 unspecified atom stereocenters. The van der Waals surface area contributed by atoms with Gasteiger partial charge in [-0.25, -0.2) is 14.2 Å². The number of para-hydroxylation sites is 1. The van der Waals surface area contributed by atoms with Crippen LogP contribution in [0.4, 0.5) is 9.52 Å². The number of carbonyl (C=O) groups excluding carboxylic acids is 1. The Bertz CT molecular complexity index is 988. The van der Waals surface area contributed by atoms with Gasteiger partial charge >= 0.3 is 5.97 Å². The molecule has 8 heteroatoms. The van der Waals surface area contributed by atoms with Gasteiger partial charge in [0.2, 0.25) is 0 Å². The van der Waals surface area contributed by atoms with Crippen molar-refractivity contribution in [1.82, 2.24) is 4.98 Å². The van der Waals surface area contributed by atoms with Crippen LogP contribution in [0.15, 0.2) is 36.4 Å². The topological polar surface area (TPSA) is 51.7 Å². The number of carbonyl (C=O) groups is 1. The maximum absolute atomic E-state index is 13.1. The van der Waals surface area contributed by atoms with E-state index < -0.39 is 11.8 Å². The van der Waals surface area contributed by atoms with Crippen molar-refractivity contribution >= 4 is 44.3 Å². The molecular formula is C18H14ClFN2O3S. The summed E-state index contributed by atoms with van der Waals surface area (Å²) in [5.74, 6) is -0.308. The molecular weight excluding hydrogens is 379 g/mol. The third kappa shape index (κ3) is 3.08. The molecule has 5 nitrogen and oxygen atoms in total. The Balaban J connectivity index is 1.42. The van der Waals surface area contributed by atoms with Crippen molar-refractivity contribution in [3.05, 3.63) is 52.8 Å². The van der Waals surface area contributed by atoms with Gasteiger partial charge in [0.15, 0.2) is 5.13 Å². The van der Waals surface area contributed by atoms with Crippen LogP contribution in [0.2, 0.25) is 5.02 Å². The summed E-state index contributed by atoms with van der Waals surface area (Å²) < 4.78 is 24.9. The summed E-state index contributed by atoms with van der Waals surface area (Å²) in [4.78, 5) is 18.8. The van der Waals surface area contributed by atoms with Gasteiger partial charge < -0.3 is 14.4 Å². The summed E-state index contributed by atoms with van der Waals surface area (Å²) in [6.45, 7) is 1.10. The summed E-state index contributed by atoms with van der Waals surface area (Å²) in [6.07, 6.45) is -0.252. The molecule has 0 N–H and O–H groups in total. The molecule has 2 aromatic carbocycles. The molecule has 0 amide bonds. The van der Waals surface area contributed by atoms with E-state index >= 15 is 0 Å². The summed E-state index contributed by atoms with van der Waals surface area (Å²) in [5, 5.41) is 0.904. The van der Waals surface area contributed by atoms with E-state index in [4.69, 9.17) is 21.1 Å². The van der Waals surface area contributed by atoms with Crippen LogP contribution < -0.4 is 9.64 Å². The van der Waals surface area contributed by atoms with E-state index in [1.165, 1.54) is 12.1 Å². The number of fused-ring (bicyclic) bond motifs is 1. The Hall–Kier alpha value is -2.38. The zero-order chi connectivity index (χ0) is 18.3. The van der Waals surface area contributed by atoms with E-state index in [0.717, 1.165) is 27.2 Å². The Morgan fingerprint density at radius 1 is 1.35 bits per heavy atom. The normalized spacial score (nSPS) is 14.3. The number of benzene rings is 2. The lowest BCUT2D eigenvalue weighted by Gasteiger charge is -2.38. The standard InChI is InChI=1S/C18H14ClFN2O3S/c1-24-14-3-2-4-15-16(14)21-18(26-15)22-8-11(9-22)25-17(23)12-6-5-10(20)7-13(12)19/h2-7,11H,8-9H2,1H3. The molecule has 0 aliphatic carbocycles. The molecule has 3 aromatic rings. The van der Waals surface area contributed by atoms with E-state index in [1.807, 2.05) is 23.1 Å². The van der Waals surface area contributed by atoms with Crippen molar-refractivity contribution in [1.29, 1.82) is 0 Å². The van der Waals surface area contributed by atoms with E-state index in [0.29, 0.717) is 13.1 Å². The van der Waals surface area contributed by atoms with Crippen LogP contribution in [0.1, 0.15) is 10.4 Å². The number of nitrogens with zero attached hydrogens (tertiary/aromatic N) is 2. The fourth-order valence-corrected chi connectivity index (χ4v) is 4.00. The number of halogens is 2. The summed E-state index contributed by atoms with van der Waals surface area (Å²) in [7, 11) is 1.62. The Labute approximate surface area is 157 Å². The van der Waals surface area contributed by atoms with Crippen LogP contribution in [0.25, 0.3) is 10.2 Å². The number of rotatable bonds is 4. The molecule has 1 aliphatic rings. The van der Waals surface area contributed by atoms with Crippen molar-refractivity contribution in [3.63, 3.8) is 0 Å². The molecule has 0 saturated carbocycles. The smallest absolute Gasteiger partial charge is 0.340 e. The fourth-order valence-electron chi connectivity index (χ4n) is 2.75. The molecule has 0 bridgehead atoms. The molecule has 1 aliphatic heterocycles. The highest BCUT2D eigenvalue weighted by Gasteiger charge is 2.33. The predicted octanol–water partition coefficient (Wildman–Crippen LogP) is 4.14. The Morgan fingerprint density at radius 2 is 2.15 bits per heavy atom. The summed E-state index contributed by atoms with van der Waals surface area (Å²) in [6, 6.07) is 9.40. The number of ether oxygens (including phenoxy) is 2. The average Bonchev–Trinajstić information content (AvgIpc) is 3.00. The molecule has 0 spiro atoms. The van der Waals surface area contributed by atoms with E-state index in [2.05, 4.69) is 4.98 Å². The first kappa shape index (κ1) is 17.1. The largest absolute Gasteiger partial charge is 0.494 e. The average molecular weight is 393 g/mol. The van der Waals surface area contributed by atoms with Gasteiger partial charge in [0.1, 0.15) is 23.2 Å². The SMILES string of the molecule is COc1cccc2sc(N3CC(OC(=O)c4ccc(F)cc4Cl)C3)nc12. The predicted molar refractivity (Wildman–Crippen MR) is 99.0 cm³/mol. The maximum Gasteiger partial charge on any atom is 0.340 e. The molecule has 1 saturated heterocycles. The monoisotopic (exact) mass is 392 g/mol. The molecule has 0 atom stereocenters. The quantitative estimate of drug-likeness (QED) is 0.624. The van der Waals surface area contributed by atoms with Gasteiger partial charge in [0, 0.05) is 0 Å². The second kappa shape index (κ2) is 6.74. The number of hydrogen-bond donors (Lipinski definition) is 0. The van der Waals surface area contributed by atoms with Crippen molar-refractivity contribution in [2.75, 3.05) is 25.1 Å². The minimum absolute atomic E-state index is 0.0458. The number of methoxy groups -OCH3 is 1. The molecule has 4 rings (SSSR count). The number of hydrogen-bond acceptors (Lipinski definition) is 6. The van der Waals surface area contributed by atoms with Gasteiger partial charge in [-0.2, -0.15) is 0 Å². The Morgan fingerprint density at radius 3 is 2.88 bits per heavy atom. The van der Waals surface area contributed by atoms with Crippen molar-refractivity contribution in [2.45, 2.75) is 6.10 Å². The zero-order valence-corrected chi connectivity index (χ0v) is 15.3. The van der Waals surface area contributed by atoms with E-state index in [-0.39, 0.29) is 16.7 Å². The minimum atomic E-state index is -0.550. The molecule has 26 heavy (non-hydrogen) atoms. The summed E-state index contributed by atoms with van der Waals surface area (Å²) >= 11 is 7.46. The maximum atomic E-state index is 13.1. The van der Waals surface area contributed by atoms with Crippen LogP contribution in [-0.2, 0) is 4.74 Å². The van der Waals surface area contributed by atoms with Gasteiger partial charge in [-0.05, 0) is 30.3 Å². The van der Waals surface area contributed by atoms with Crippen molar-refractivity contribution < 1.29 is 18.7 Å². The highest BCUT2D eigenvalue weighted by atomic mass is 35.5. The molecule has 134 valence electrons.